The molecule has 0 amide bonds. The van der Waals surface area contributed by atoms with Gasteiger partial charge in [0.1, 0.15) is 11.6 Å². The first kappa shape index (κ1) is 19.6. The van der Waals surface area contributed by atoms with Gasteiger partial charge < -0.3 is 13.9 Å². The van der Waals surface area contributed by atoms with E-state index in [4.69, 9.17) is 13.9 Å². The van der Waals surface area contributed by atoms with Crippen molar-refractivity contribution in [3.63, 3.8) is 0 Å². The fourth-order valence-electron chi connectivity index (χ4n) is 2.34. The summed E-state index contributed by atoms with van der Waals surface area (Å²) >= 11 is 1.05. The maximum Gasteiger partial charge on any atom is 0.321 e. The van der Waals surface area contributed by atoms with Crippen LogP contribution in [0.4, 0.5) is 4.39 Å². The lowest BCUT2D eigenvalue weighted by Crippen LogP contribution is -2.11. The maximum absolute atomic E-state index is 13.0. The van der Waals surface area contributed by atoms with E-state index in [2.05, 4.69) is 16.8 Å². The summed E-state index contributed by atoms with van der Waals surface area (Å²) in [7, 11) is 1.51. The second-order valence-electron chi connectivity index (χ2n) is 5.62. The zero-order valence-corrected chi connectivity index (χ0v) is 15.9. The van der Waals surface area contributed by atoms with Crippen molar-refractivity contribution in [2.45, 2.75) is 11.6 Å². The van der Waals surface area contributed by atoms with Crippen LogP contribution >= 0.6 is 11.8 Å². The second kappa shape index (κ2) is 9.18. The monoisotopic (exact) mass is 400 g/mol. The van der Waals surface area contributed by atoms with Gasteiger partial charge >= 0.3 is 5.97 Å². The Morgan fingerprint density at radius 1 is 1.21 bits per heavy atom. The van der Waals surface area contributed by atoms with Gasteiger partial charge in [-0.15, -0.1) is 16.8 Å². The minimum Gasteiger partial charge on any atom is -0.493 e. The molecule has 0 aliphatic carbocycles. The topological polar surface area (TPSA) is 74.5 Å². The van der Waals surface area contributed by atoms with Gasteiger partial charge in [-0.2, -0.15) is 0 Å². The number of ether oxygens (including phenoxy) is 2. The molecule has 0 saturated carbocycles. The molecule has 0 aliphatic heterocycles. The number of thioether (sulfide) groups is 1. The van der Waals surface area contributed by atoms with Crippen LogP contribution in [0.2, 0.25) is 0 Å². The van der Waals surface area contributed by atoms with Crippen LogP contribution in [-0.2, 0) is 11.2 Å². The van der Waals surface area contributed by atoms with Crippen molar-refractivity contribution in [2.24, 2.45) is 0 Å². The smallest absolute Gasteiger partial charge is 0.321 e. The van der Waals surface area contributed by atoms with E-state index in [-0.39, 0.29) is 22.7 Å². The van der Waals surface area contributed by atoms with E-state index in [9.17, 15) is 9.18 Å². The number of esters is 1. The molecule has 0 radical (unpaired) electrons. The van der Waals surface area contributed by atoms with Gasteiger partial charge in [-0.1, -0.05) is 23.9 Å². The predicted octanol–water partition coefficient (Wildman–Crippen LogP) is 4.31. The van der Waals surface area contributed by atoms with Crippen LogP contribution in [0.3, 0.4) is 0 Å². The number of aromatic nitrogens is 2. The van der Waals surface area contributed by atoms with Crippen LogP contribution in [-0.4, -0.2) is 29.0 Å². The molecule has 0 atom stereocenters. The van der Waals surface area contributed by atoms with Gasteiger partial charge in [-0.3, -0.25) is 4.79 Å². The molecule has 0 spiro atoms. The lowest BCUT2D eigenvalue weighted by atomic mass is 10.1. The average molecular weight is 400 g/mol. The number of nitrogens with zero attached hydrogens (tertiary/aromatic N) is 2. The molecule has 0 saturated heterocycles. The van der Waals surface area contributed by atoms with E-state index in [0.717, 1.165) is 17.3 Å². The van der Waals surface area contributed by atoms with E-state index in [1.54, 1.807) is 18.2 Å². The lowest BCUT2D eigenvalue weighted by Gasteiger charge is -2.10. The molecular weight excluding hydrogens is 383 g/mol. The van der Waals surface area contributed by atoms with Gasteiger partial charge in [0.15, 0.2) is 11.5 Å². The minimum absolute atomic E-state index is 0.0252. The number of methoxy groups -OCH3 is 1. The Hall–Kier alpha value is -3.13. The molecule has 144 valence electrons. The van der Waals surface area contributed by atoms with E-state index >= 15 is 0 Å². The summed E-state index contributed by atoms with van der Waals surface area (Å²) in [5.74, 6) is 0.181. The molecule has 8 heteroatoms. The second-order valence-corrected chi connectivity index (χ2v) is 6.55. The number of allylic oxidation sites excluding steroid dienone is 1. The SMILES string of the molecule is C=CCc1ccc(OC(=O)CSc2nnc(-c3ccc(F)cc3)o2)c(OC)c1. The Kier molecular flexibility index (Phi) is 6.44. The third kappa shape index (κ3) is 4.98. The molecule has 0 aliphatic rings. The summed E-state index contributed by atoms with van der Waals surface area (Å²) in [6.45, 7) is 3.69. The summed E-state index contributed by atoms with van der Waals surface area (Å²) in [5, 5.41) is 7.98. The Labute approximate surface area is 165 Å². The molecule has 28 heavy (non-hydrogen) atoms. The molecule has 0 unspecified atom stereocenters. The molecular formula is C20H17FN2O4S. The van der Waals surface area contributed by atoms with Crippen LogP contribution in [0.15, 0.2) is 64.8 Å². The van der Waals surface area contributed by atoms with Gasteiger partial charge in [0.25, 0.3) is 5.22 Å². The third-order valence-electron chi connectivity index (χ3n) is 3.64. The number of hydrogen-bond donors (Lipinski definition) is 0. The molecule has 3 aromatic rings. The van der Waals surface area contributed by atoms with E-state index in [0.29, 0.717) is 23.5 Å². The zero-order valence-electron chi connectivity index (χ0n) is 15.1. The molecule has 1 aromatic heterocycles. The highest BCUT2D eigenvalue weighted by Crippen LogP contribution is 2.29. The van der Waals surface area contributed by atoms with E-state index in [1.165, 1.54) is 31.4 Å². The van der Waals surface area contributed by atoms with Crippen molar-refractivity contribution in [2.75, 3.05) is 12.9 Å². The van der Waals surface area contributed by atoms with Gasteiger partial charge in [0.2, 0.25) is 5.89 Å². The number of halogens is 1. The third-order valence-corrected chi connectivity index (χ3v) is 4.43. The summed E-state index contributed by atoms with van der Waals surface area (Å²) in [5.41, 5.74) is 1.59. The molecule has 3 rings (SSSR count). The highest BCUT2D eigenvalue weighted by molar-refractivity contribution is 7.99. The number of carbonyl (C=O) groups excluding carboxylic acids is 1. The quantitative estimate of drug-likeness (QED) is 0.241. The highest BCUT2D eigenvalue weighted by atomic mass is 32.2. The number of hydrogen-bond acceptors (Lipinski definition) is 7. The zero-order chi connectivity index (χ0) is 19.9. The molecule has 0 fully saturated rings. The Balaban J connectivity index is 1.59. The largest absolute Gasteiger partial charge is 0.493 e. The van der Waals surface area contributed by atoms with E-state index in [1.807, 2.05) is 6.07 Å². The molecule has 6 nitrogen and oxygen atoms in total. The number of benzene rings is 2. The first-order valence-electron chi connectivity index (χ1n) is 8.29. The summed E-state index contributed by atoms with van der Waals surface area (Å²) < 4.78 is 29.1. The number of rotatable bonds is 8. The van der Waals surface area contributed by atoms with Crippen LogP contribution in [0.25, 0.3) is 11.5 Å². The Morgan fingerprint density at radius 3 is 2.71 bits per heavy atom. The summed E-state index contributed by atoms with van der Waals surface area (Å²) in [4.78, 5) is 12.1. The predicted molar refractivity (Wildman–Crippen MR) is 103 cm³/mol. The standard InChI is InChI=1S/C20H17FN2O4S/c1-3-4-13-5-10-16(17(11-13)25-2)26-18(24)12-28-20-23-22-19(27-20)14-6-8-15(21)9-7-14/h3,5-11H,1,4,12H2,2H3. The van der Waals surface area contributed by atoms with Gasteiger partial charge in [0.05, 0.1) is 7.11 Å². The van der Waals surface area contributed by atoms with Crippen molar-refractivity contribution in [3.05, 3.63) is 66.5 Å². The fourth-order valence-corrected chi connectivity index (χ4v) is 2.88. The molecule has 0 bridgehead atoms. The van der Waals surface area contributed by atoms with Gasteiger partial charge in [0, 0.05) is 5.56 Å². The van der Waals surface area contributed by atoms with Crippen molar-refractivity contribution in [1.82, 2.24) is 10.2 Å². The summed E-state index contributed by atoms with van der Waals surface area (Å²) in [6.07, 6.45) is 2.47. The van der Waals surface area contributed by atoms with Crippen molar-refractivity contribution in [1.29, 1.82) is 0 Å². The first-order valence-corrected chi connectivity index (χ1v) is 9.28. The normalized spacial score (nSPS) is 10.5. The van der Waals surface area contributed by atoms with Crippen molar-refractivity contribution < 1.29 is 23.1 Å². The van der Waals surface area contributed by atoms with Gasteiger partial charge in [-0.25, -0.2) is 4.39 Å². The number of carbonyl (C=O) groups is 1. The van der Waals surface area contributed by atoms with E-state index < -0.39 is 5.97 Å². The highest BCUT2D eigenvalue weighted by Gasteiger charge is 2.14. The maximum atomic E-state index is 13.0. The fraction of sp³-hybridized carbons (Fsp3) is 0.150. The van der Waals surface area contributed by atoms with Crippen LogP contribution in [0.1, 0.15) is 5.56 Å². The Bertz CT molecular complexity index is 973. The lowest BCUT2D eigenvalue weighted by molar-refractivity contribution is -0.131. The molecule has 1 heterocycles. The van der Waals surface area contributed by atoms with Crippen molar-refractivity contribution >= 4 is 17.7 Å². The summed E-state index contributed by atoms with van der Waals surface area (Å²) in [6, 6.07) is 11.0. The molecule has 0 N–H and O–H groups in total. The molecule has 2 aromatic carbocycles. The van der Waals surface area contributed by atoms with Gasteiger partial charge in [-0.05, 0) is 48.4 Å². The van der Waals surface area contributed by atoms with Crippen LogP contribution < -0.4 is 9.47 Å². The van der Waals surface area contributed by atoms with Crippen molar-refractivity contribution in [3.8, 4) is 23.0 Å². The Morgan fingerprint density at radius 2 is 2.00 bits per heavy atom. The van der Waals surface area contributed by atoms with Crippen LogP contribution in [0, 0.1) is 5.82 Å². The minimum atomic E-state index is -0.485. The van der Waals surface area contributed by atoms with Crippen LogP contribution in [0.5, 0.6) is 11.5 Å². The first-order chi connectivity index (χ1) is 13.6. The average Bonchev–Trinajstić information content (AvgIpc) is 3.17.